The van der Waals surface area contributed by atoms with E-state index in [4.69, 9.17) is 16.4 Å². The maximum atomic E-state index is 13.3. The van der Waals surface area contributed by atoms with Crippen molar-refractivity contribution in [1.82, 2.24) is 24.7 Å². The number of sulfonamides is 1. The third-order valence-electron chi connectivity index (χ3n) is 12.7. The molecular weight excluding hydrogens is 1110 g/mol. The zero-order valence-electron chi connectivity index (χ0n) is 45.9. The van der Waals surface area contributed by atoms with E-state index in [9.17, 15) is 49.3 Å². The lowest BCUT2D eigenvalue weighted by atomic mass is 10.1. The lowest BCUT2D eigenvalue weighted by Gasteiger charge is -2.17. The van der Waals surface area contributed by atoms with E-state index in [1.54, 1.807) is 56.7 Å². The molecule has 0 aliphatic rings. The fraction of sp³-hybridized carbons (Fsp3) is 0.217. The summed E-state index contributed by atoms with van der Waals surface area (Å²) < 4.78 is 103. The largest absolute Gasteiger partial charge is 0.361 e. The quantitative estimate of drug-likeness (QED) is 0.0239. The van der Waals surface area contributed by atoms with Crippen molar-refractivity contribution >= 4 is 85.7 Å². The molecule has 4 aromatic heterocycles. The Morgan fingerprint density at radius 2 is 0.951 bits per heavy atom. The number of aldehydes is 1. The molecule has 6 aromatic carbocycles. The number of rotatable bonds is 11. The van der Waals surface area contributed by atoms with Crippen LogP contribution in [0.2, 0.25) is 0 Å². The highest BCUT2D eigenvalue weighted by atomic mass is 35.7. The monoisotopic (exact) mass is 1170 g/mol. The summed E-state index contributed by atoms with van der Waals surface area (Å²) in [6.45, 7) is 16.2. The van der Waals surface area contributed by atoms with Crippen LogP contribution < -0.4 is 10.5 Å². The van der Waals surface area contributed by atoms with Gasteiger partial charge in [0, 0.05) is 115 Å². The summed E-state index contributed by atoms with van der Waals surface area (Å²) in [4.78, 5) is 32.8. The van der Waals surface area contributed by atoms with Gasteiger partial charge in [0.15, 0.2) is 6.29 Å². The van der Waals surface area contributed by atoms with Crippen molar-refractivity contribution in [3.63, 3.8) is 0 Å². The molecule has 0 fully saturated rings. The molecule has 10 rings (SSSR count). The predicted octanol–water partition coefficient (Wildman–Crippen LogP) is 13.9. The minimum Gasteiger partial charge on any atom is -0.361 e. The molecule has 0 spiro atoms. The van der Waals surface area contributed by atoms with Crippen LogP contribution in [-0.4, -0.2) is 60.1 Å². The molecule has 81 heavy (non-hydrogen) atoms. The first-order valence-corrected chi connectivity index (χ1v) is 29.0. The minimum absolute atomic E-state index is 0.0465. The number of H-pyrrole nitrogens is 4. The number of halogens is 5. The molecule has 14 nitrogen and oxygen atoms in total. The van der Waals surface area contributed by atoms with E-state index >= 15 is 0 Å². The molecule has 7 N–H and O–H groups in total. The van der Waals surface area contributed by atoms with Gasteiger partial charge >= 0.3 is 0 Å². The summed E-state index contributed by atoms with van der Waals surface area (Å²) in [6.07, 6.45) is 10.4. The van der Waals surface area contributed by atoms with Crippen LogP contribution in [-0.2, 0) is 31.9 Å². The van der Waals surface area contributed by atoms with Gasteiger partial charge in [0.2, 0.25) is 15.7 Å². The number of aromatic amines is 4. The molecule has 0 aliphatic carbocycles. The second-order valence-corrected chi connectivity index (χ2v) is 24.0. The van der Waals surface area contributed by atoms with Crippen molar-refractivity contribution in [2.75, 3.05) is 0 Å². The van der Waals surface area contributed by atoms with Crippen molar-refractivity contribution in [2.45, 2.75) is 97.0 Å². The number of allylic oxidation sites excluding steroid dienone is 1. The molecule has 426 valence electrons. The molecule has 2 unspecified atom stereocenters. The van der Waals surface area contributed by atoms with Gasteiger partial charge in [-0.2, -0.15) is 0 Å². The molecule has 21 heteroatoms. The Bertz CT molecular complexity index is 4140. The van der Waals surface area contributed by atoms with E-state index in [-0.39, 0.29) is 45.9 Å². The maximum Gasteiger partial charge on any atom is 0.261 e. The number of benzene rings is 6. The van der Waals surface area contributed by atoms with Crippen LogP contribution in [0.25, 0.3) is 49.7 Å². The molecule has 0 saturated carbocycles. The summed E-state index contributed by atoms with van der Waals surface area (Å²) in [7, 11) is -1.94. The summed E-state index contributed by atoms with van der Waals surface area (Å²) in [5, 5.41) is 14.0. The van der Waals surface area contributed by atoms with Crippen molar-refractivity contribution in [2.24, 2.45) is 5.73 Å². The lowest BCUT2D eigenvalue weighted by molar-refractivity contribution is -0.422. The Hall–Kier alpha value is -7.88. The fourth-order valence-corrected chi connectivity index (χ4v) is 12.9. The van der Waals surface area contributed by atoms with Crippen molar-refractivity contribution in [3.8, 4) is 0 Å². The van der Waals surface area contributed by atoms with Crippen LogP contribution in [0.3, 0.4) is 0 Å². The molecule has 0 radical (unpaired) electrons. The Balaban J connectivity index is 0.000000169. The number of aromatic nitrogens is 4. The number of fused-ring (bicyclic) bond motifs is 4. The van der Waals surface area contributed by atoms with Crippen molar-refractivity contribution < 1.29 is 44.1 Å². The fourth-order valence-electron chi connectivity index (χ4n) is 9.58. The highest BCUT2D eigenvalue weighted by Crippen LogP contribution is 2.27. The van der Waals surface area contributed by atoms with Gasteiger partial charge in [0.25, 0.3) is 9.05 Å². The topological polar surface area (TPSA) is 230 Å². The Morgan fingerprint density at radius 1 is 0.593 bits per heavy atom. The van der Waals surface area contributed by atoms with E-state index in [2.05, 4.69) is 24.7 Å². The Labute approximate surface area is 471 Å². The smallest absolute Gasteiger partial charge is 0.261 e. The number of nitrogens with zero attached hydrogens (tertiary/aromatic N) is 1. The van der Waals surface area contributed by atoms with Crippen molar-refractivity contribution in [3.05, 3.63) is 217 Å². The van der Waals surface area contributed by atoms with Gasteiger partial charge < -0.3 is 25.7 Å². The standard InChI is InChI=1S/C20H23FN2O2S.C11H9FN2O2.C11H13FN2.C9H11ClO2S.C9H6FNO/c1-12-7-13(2)20(14(3)8-12)26(24,25)23-15(4)9-16-11-22-19-10-17(21)5-6-18(16)19;1-7(14(15)16)4-8-6-13-11-5-9(12)2-3-10(8)11;1-7(13)4-8-6-14-11-5-9(12)2-3-10(8)11;1-6-4-7(2)9(8(3)5-6)13(10,11)12;10-7-1-2-8-6(5-12)4-11-9(8)3-7/h5-8,10-11,15,22-23H,9H2,1-4H3;2-6,13H,1H3;2-3,5-7,14H,4,13H2,1H3;4-5H,1-3H3;1-5,11H/b;7-4+;;;. The normalized spacial score (nSPS) is 12.4. The first-order valence-electron chi connectivity index (χ1n) is 25.3. The van der Waals surface area contributed by atoms with Crippen LogP contribution in [0.4, 0.5) is 17.6 Å². The minimum atomic E-state index is -3.62. The molecule has 0 bridgehead atoms. The van der Waals surface area contributed by atoms with Gasteiger partial charge in [-0.05, 0) is 174 Å². The lowest BCUT2D eigenvalue weighted by Crippen LogP contribution is -2.34. The molecule has 2 atom stereocenters. The molecule has 0 amide bonds. The summed E-state index contributed by atoms with van der Waals surface area (Å²) in [5.74, 6) is -1.16. The molecule has 4 heterocycles. The van der Waals surface area contributed by atoms with Gasteiger partial charge in [0.1, 0.15) is 23.3 Å². The van der Waals surface area contributed by atoms with E-state index in [0.29, 0.717) is 50.1 Å². The van der Waals surface area contributed by atoms with E-state index in [1.165, 1.54) is 61.5 Å². The van der Waals surface area contributed by atoms with Crippen LogP contribution in [0.1, 0.15) is 81.2 Å². The van der Waals surface area contributed by atoms with Crippen LogP contribution in [0.15, 0.2) is 137 Å². The predicted molar refractivity (Wildman–Crippen MR) is 314 cm³/mol. The molecule has 10 aromatic rings. The number of hydrogen-bond acceptors (Lipinski definition) is 8. The Morgan fingerprint density at radius 3 is 1.35 bits per heavy atom. The average molecular weight is 1170 g/mol. The third kappa shape index (κ3) is 16.4. The highest BCUT2D eigenvalue weighted by molar-refractivity contribution is 8.13. The van der Waals surface area contributed by atoms with Gasteiger partial charge in [-0.25, -0.2) is 39.1 Å². The summed E-state index contributed by atoms with van der Waals surface area (Å²) in [5.41, 5.74) is 16.9. The van der Waals surface area contributed by atoms with E-state index in [0.717, 1.165) is 73.1 Å². The van der Waals surface area contributed by atoms with Crippen LogP contribution in [0.5, 0.6) is 0 Å². The van der Waals surface area contributed by atoms with E-state index in [1.807, 2.05) is 72.0 Å². The van der Waals surface area contributed by atoms with Crippen LogP contribution >= 0.6 is 10.7 Å². The van der Waals surface area contributed by atoms with E-state index < -0.39 is 24.0 Å². The second-order valence-electron chi connectivity index (χ2n) is 19.8. The van der Waals surface area contributed by atoms with Crippen LogP contribution in [0, 0.1) is 74.9 Å². The van der Waals surface area contributed by atoms with Gasteiger partial charge in [-0.1, -0.05) is 35.4 Å². The van der Waals surface area contributed by atoms with Gasteiger partial charge in [0.05, 0.1) is 14.7 Å². The summed E-state index contributed by atoms with van der Waals surface area (Å²) in [6, 6.07) is 25.1. The summed E-state index contributed by atoms with van der Waals surface area (Å²) >= 11 is 0. The number of nitro groups is 1. The number of nitrogens with two attached hydrogens (primary N) is 1. The van der Waals surface area contributed by atoms with Gasteiger partial charge in [-0.15, -0.1) is 0 Å². The number of nitrogens with one attached hydrogen (secondary N) is 5. The molecular formula is C60H62ClF4N7O7S2. The zero-order valence-corrected chi connectivity index (χ0v) is 48.2. The second kappa shape index (κ2) is 26.6. The number of hydrogen-bond donors (Lipinski definition) is 6. The SMILES string of the molecule is C/C(=C\c1c[nH]c2cc(F)ccc12)[N+](=O)[O-].CC(N)Cc1c[nH]c2cc(F)ccc12.Cc1cc(C)c(S(=O)(=O)Cl)c(C)c1.Cc1cc(C)c(S(=O)(=O)NC(C)Cc2c[nH]c3cc(F)ccc23)c(C)c1.O=Cc1c[nH]c2cc(F)ccc12. The van der Waals surface area contributed by atoms with Gasteiger partial charge in [-0.3, -0.25) is 14.9 Å². The van der Waals surface area contributed by atoms with Crippen molar-refractivity contribution in [1.29, 1.82) is 0 Å². The highest BCUT2D eigenvalue weighted by Gasteiger charge is 2.23. The number of aryl methyl sites for hydroxylation is 6. The molecule has 0 aliphatic heterocycles. The zero-order chi connectivity index (χ0) is 59.7. The first-order chi connectivity index (χ1) is 38.0. The first kappa shape index (κ1) is 62.3. The number of carbonyl (C=O) groups excluding carboxylic acids is 1. The Kier molecular flexibility index (Phi) is 20.5. The third-order valence-corrected chi connectivity index (χ3v) is 16.2. The molecule has 0 saturated heterocycles. The maximum absolute atomic E-state index is 13.3. The number of carbonyl (C=O) groups is 1. The average Bonchev–Trinajstić information content (AvgIpc) is 4.21.